The quantitative estimate of drug-likeness (QED) is 0.530. The molecule has 7 heteroatoms. The highest BCUT2D eigenvalue weighted by Crippen LogP contribution is 2.28. The molecule has 0 saturated carbocycles. The lowest BCUT2D eigenvalue weighted by Gasteiger charge is -2.15. The number of methoxy groups -OCH3 is 2. The minimum Gasteiger partial charge on any atom is -0.504 e. The van der Waals surface area contributed by atoms with Crippen molar-refractivity contribution in [3.8, 4) is 17.2 Å². The van der Waals surface area contributed by atoms with E-state index in [0.717, 1.165) is 0 Å². The monoisotopic (exact) mass is 343 g/mol. The minimum atomic E-state index is -0.535. The van der Waals surface area contributed by atoms with Crippen LogP contribution in [0.15, 0.2) is 47.6 Å². The third kappa shape index (κ3) is 4.63. The maximum Gasteiger partial charge on any atom is 0.262 e. The second kappa shape index (κ2) is 8.58. The summed E-state index contributed by atoms with van der Waals surface area (Å²) in [7, 11) is 3.03. The van der Waals surface area contributed by atoms with Crippen LogP contribution in [0.5, 0.6) is 17.2 Å². The van der Waals surface area contributed by atoms with E-state index in [2.05, 4.69) is 15.8 Å². The van der Waals surface area contributed by atoms with Gasteiger partial charge in [0.05, 0.1) is 26.1 Å². The molecule has 7 nitrogen and oxygen atoms in total. The molecule has 25 heavy (non-hydrogen) atoms. The number of rotatable bonds is 7. The molecule has 3 N–H and O–H groups in total. The molecule has 132 valence electrons. The highest BCUT2D eigenvalue weighted by molar-refractivity contribution is 5.88. The second-order valence-corrected chi connectivity index (χ2v) is 5.20. The van der Waals surface area contributed by atoms with Crippen LogP contribution in [0.1, 0.15) is 12.5 Å². The van der Waals surface area contributed by atoms with Crippen molar-refractivity contribution in [3.63, 3.8) is 0 Å². The van der Waals surface area contributed by atoms with E-state index in [1.54, 1.807) is 38.3 Å². The van der Waals surface area contributed by atoms with E-state index in [-0.39, 0.29) is 11.7 Å². The molecule has 2 rings (SSSR count). The number of nitrogens with one attached hydrogen (secondary N) is 2. The van der Waals surface area contributed by atoms with Gasteiger partial charge in [-0.25, -0.2) is 5.43 Å². The maximum absolute atomic E-state index is 12.1. The van der Waals surface area contributed by atoms with E-state index >= 15 is 0 Å². The van der Waals surface area contributed by atoms with Crippen molar-refractivity contribution in [3.05, 3.63) is 48.0 Å². The fraction of sp³-hybridized carbons (Fsp3) is 0.222. The van der Waals surface area contributed by atoms with Crippen molar-refractivity contribution in [1.29, 1.82) is 0 Å². The average molecular weight is 343 g/mol. The Morgan fingerprint density at radius 2 is 1.80 bits per heavy atom. The third-order valence-corrected chi connectivity index (χ3v) is 3.50. The molecule has 2 aromatic rings. The first-order chi connectivity index (χ1) is 12.1. The van der Waals surface area contributed by atoms with Gasteiger partial charge in [-0.05, 0) is 31.2 Å². The summed E-state index contributed by atoms with van der Waals surface area (Å²) < 4.78 is 10.3. The Bertz CT molecular complexity index is 762. The zero-order valence-corrected chi connectivity index (χ0v) is 14.3. The molecule has 0 heterocycles. The van der Waals surface area contributed by atoms with E-state index in [0.29, 0.717) is 22.7 Å². The number of aromatic hydroxyl groups is 1. The van der Waals surface area contributed by atoms with E-state index in [1.807, 2.05) is 18.2 Å². The number of hydrogen-bond donors (Lipinski definition) is 3. The van der Waals surface area contributed by atoms with Crippen LogP contribution in [-0.2, 0) is 4.79 Å². The van der Waals surface area contributed by atoms with Gasteiger partial charge in [0.2, 0.25) is 0 Å². The van der Waals surface area contributed by atoms with Crippen molar-refractivity contribution in [1.82, 2.24) is 5.43 Å². The predicted octanol–water partition coefficient (Wildman–Crippen LogP) is 2.36. The van der Waals surface area contributed by atoms with Gasteiger partial charge >= 0.3 is 0 Å². The zero-order valence-electron chi connectivity index (χ0n) is 14.3. The number of nitrogens with zero attached hydrogens (tertiary/aromatic N) is 1. The number of hydrogen-bond acceptors (Lipinski definition) is 6. The minimum absolute atomic E-state index is 0.0387. The molecular formula is C18H21N3O4. The Hall–Kier alpha value is -3.22. The number of anilines is 1. The fourth-order valence-corrected chi connectivity index (χ4v) is 2.13. The first-order valence-electron chi connectivity index (χ1n) is 7.65. The molecule has 0 aliphatic heterocycles. The van der Waals surface area contributed by atoms with Gasteiger partial charge in [-0.15, -0.1) is 0 Å². The summed E-state index contributed by atoms with van der Waals surface area (Å²) >= 11 is 0. The van der Waals surface area contributed by atoms with E-state index in [4.69, 9.17) is 9.47 Å². The number of carbonyl (C=O) groups excluding carboxylic acids is 1. The SMILES string of the molecule is COc1ccccc1NC(C)C(=O)NN=Cc1cccc(OC)c1O. The molecule has 0 spiro atoms. The molecule has 1 unspecified atom stereocenters. The number of amides is 1. The summed E-state index contributed by atoms with van der Waals surface area (Å²) in [6, 6.07) is 11.8. The lowest BCUT2D eigenvalue weighted by atomic mass is 10.2. The Morgan fingerprint density at radius 1 is 1.12 bits per heavy atom. The summed E-state index contributed by atoms with van der Waals surface area (Å²) in [6.07, 6.45) is 1.35. The van der Waals surface area contributed by atoms with Gasteiger partial charge < -0.3 is 19.9 Å². The lowest BCUT2D eigenvalue weighted by Crippen LogP contribution is -2.35. The molecule has 1 amide bonds. The van der Waals surface area contributed by atoms with Gasteiger partial charge in [0.1, 0.15) is 11.8 Å². The predicted molar refractivity (Wildman–Crippen MR) is 96.5 cm³/mol. The highest BCUT2D eigenvalue weighted by atomic mass is 16.5. The summed E-state index contributed by atoms with van der Waals surface area (Å²) in [5.41, 5.74) is 3.57. The molecule has 0 radical (unpaired) electrons. The van der Waals surface area contributed by atoms with Crippen molar-refractivity contribution < 1.29 is 19.4 Å². The number of carbonyl (C=O) groups is 1. The first-order valence-corrected chi connectivity index (χ1v) is 7.65. The number of hydrazone groups is 1. The van der Waals surface area contributed by atoms with Crippen LogP contribution >= 0.6 is 0 Å². The summed E-state index contributed by atoms with van der Waals surface area (Å²) in [5, 5.41) is 16.9. The number of ether oxygens (including phenoxy) is 2. The number of phenols is 1. The fourth-order valence-electron chi connectivity index (χ4n) is 2.13. The first kappa shape index (κ1) is 18.1. The van der Waals surface area contributed by atoms with Gasteiger partial charge in [0.15, 0.2) is 11.5 Å². The Morgan fingerprint density at radius 3 is 2.52 bits per heavy atom. The highest BCUT2D eigenvalue weighted by Gasteiger charge is 2.14. The summed E-state index contributed by atoms with van der Waals surface area (Å²) in [6.45, 7) is 1.71. The Balaban J connectivity index is 1.98. The van der Waals surface area contributed by atoms with Gasteiger partial charge in [-0.3, -0.25) is 4.79 Å². The number of para-hydroxylation sites is 3. The van der Waals surface area contributed by atoms with Crippen LogP contribution in [0.4, 0.5) is 5.69 Å². The van der Waals surface area contributed by atoms with Crippen LogP contribution in [-0.4, -0.2) is 37.5 Å². The molecule has 1 atom stereocenters. The van der Waals surface area contributed by atoms with E-state index in [9.17, 15) is 9.90 Å². The molecule has 0 aromatic heterocycles. The van der Waals surface area contributed by atoms with Crippen LogP contribution in [0, 0.1) is 0 Å². The third-order valence-electron chi connectivity index (χ3n) is 3.50. The summed E-state index contributed by atoms with van der Waals surface area (Å²) in [4.78, 5) is 12.1. The maximum atomic E-state index is 12.1. The average Bonchev–Trinajstić information content (AvgIpc) is 2.63. The van der Waals surface area contributed by atoms with E-state index < -0.39 is 6.04 Å². The van der Waals surface area contributed by atoms with Gasteiger partial charge in [-0.2, -0.15) is 5.10 Å². The Kier molecular flexibility index (Phi) is 6.22. The topological polar surface area (TPSA) is 92.2 Å². The summed E-state index contributed by atoms with van der Waals surface area (Å²) in [5.74, 6) is 0.612. The second-order valence-electron chi connectivity index (χ2n) is 5.20. The number of benzene rings is 2. The van der Waals surface area contributed by atoms with Crippen LogP contribution in [0.25, 0.3) is 0 Å². The van der Waals surface area contributed by atoms with E-state index in [1.165, 1.54) is 13.3 Å². The molecule has 2 aromatic carbocycles. The molecule has 0 saturated heterocycles. The van der Waals surface area contributed by atoms with Gasteiger partial charge in [0, 0.05) is 5.56 Å². The molecule has 0 aliphatic carbocycles. The van der Waals surface area contributed by atoms with Crippen molar-refractivity contribution in [2.75, 3.05) is 19.5 Å². The van der Waals surface area contributed by atoms with Crippen molar-refractivity contribution >= 4 is 17.8 Å². The van der Waals surface area contributed by atoms with Crippen molar-refractivity contribution in [2.45, 2.75) is 13.0 Å². The zero-order chi connectivity index (χ0) is 18.2. The van der Waals surface area contributed by atoms with Gasteiger partial charge in [0.25, 0.3) is 5.91 Å². The molecule has 0 aliphatic rings. The molecular weight excluding hydrogens is 322 g/mol. The van der Waals surface area contributed by atoms with Crippen LogP contribution in [0.2, 0.25) is 0 Å². The molecule has 0 fully saturated rings. The van der Waals surface area contributed by atoms with Crippen LogP contribution in [0.3, 0.4) is 0 Å². The smallest absolute Gasteiger partial charge is 0.262 e. The normalized spacial score (nSPS) is 11.8. The Labute approximate surface area is 146 Å². The lowest BCUT2D eigenvalue weighted by molar-refractivity contribution is -0.121. The largest absolute Gasteiger partial charge is 0.504 e. The molecule has 0 bridgehead atoms. The van der Waals surface area contributed by atoms with Gasteiger partial charge in [-0.1, -0.05) is 18.2 Å². The van der Waals surface area contributed by atoms with Crippen molar-refractivity contribution in [2.24, 2.45) is 5.10 Å². The standard InChI is InChI=1S/C18H21N3O4/c1-12(20-14-8-4-5-9-15(14)24-2)18(23)21-19-11-13-7-6-10-16(25-3)17(13)22/h4-12,20,22H,1-3H3,(H,21,23). The van der Waals surface area contributed by atoms with Crippen LogP contribution < -0.4 is 20.2 Å². The number of phenolic OH excluding ortho intramolecular Hbond substituents is 1.